The van der Waals surface area contributed by atoms with Gasteiger partial charge < -0.3 is 14.4 Å². The molecule has 1 aromatic carbocycles. The van der Waals surface area contributed by atoms with Gasteiger partial charge in [-0.3, -0.25) is 9.59 Å². The van der Waals surface area contributed by atoms with Gasteiger partial charge >= 0.3 is 5.97 Å². The first-order chi connectivity index (χ1) is 13.1. The summed E-state index contributed by atoms with van der Waals surface area (Å²) in [6.45, 7) is 4.84. The highest BCUT2D eigenvalue weighted by Gasteiger charge is 2.18. The molecule has 7 nitrogen and oxygen atoms in total. The second kappa shape index (κ2) is 9.01. The monoisotopic (exact) mass is 391 g/mol. The standard InChI is InChI=1S/C19H22ClN3O4/c1-2-27-18(24)7-8-23-19(25)16(14-3-5-15(20)6-4-14)13-17(21-23)22-9-11-26-12-10-22/h3-6,13H,2,7-12H2,1H3. The van der Waals surface area contributed by atoms with E-state index >= 15 is 0 Å². The van der Waals surface area contributed by atoms with Crippen LogP contribution in [-0.4, -0.2) is 48.7 Å². The third kappa shape index (κ3) is 4.87. The van der Waals surface area contributed by atoms with Gasteiger partial charge in [-0.1, -0.05) is 23.7 Å². The van der Waals surface area contributed by atoms with Gasteiger partial charge in [0.1, 0.15) is 5.82 Å². The van der Waals surface area contributed by atoms with E-state index in [-0.39, 0.29) is 24.5 Å². The number of hydrogen-bond acceptors (Lipinski definition) is 6. The number of aryl methyl sites for hydroxylation is 1. The molecule has 1 aliphatic rings. The van der Waals surface area contributed by atoms with Crippen LogP contribution in [0.1, 0.15) is 13.3 Å². The number of aromatic nitrogens is 2. The maximum atomic E-state index is 12.9. The van der Waals surface area contributed by atoms with E-state index in [0.29, 0.717) is 49.3 Å². The lowest BCUT2D eigenvalue weighted by Crippen LogP contribution is -2.38. The Hall–Kier alpha value is -2.38. The predicted octanol–water partition coefficient (Wildman–Crippen LogP) is 2.35. The number of ether oxygens (including phenoxy) is 2. The number of esters is 1. The fourth-order valence-corrected chi connectivity index (χ4v) is 3.02. The summed E-state index contributed by atoms with van der Waals surface area (Å²) in [5.74, 6) is 0.336. The highest BCUT2D eigenvalue weighted by molar-refractivity contribution is 6.30. The van der Waals surface area contributed by atoms with Crippen molar-refractivity contribution in [3.63, 3.8) is 0 Å². The molecule has 0 radical (unpaired) electrons. The lowest BCUT2D eigenvalue weighted by molar-refractivity contribution is -0.143. The average Bonchev–Trinajstić information content (AvgIpc) is 2.69. The van der Waals surface area contributed by atoms with Crippen molar-refractivity contribution >= 4 is 23.4 Å². The first-order valence-corrected chi connectivity index (χ1v) is 9.32. The number of hydrogen-bond donors (Lipinski definition) is 0. The lowest BCUT2D eigenvalue weighted by Gasteiger charge is -2.28. The fourth-order valence-electron chi connectivity index (χ4n) is 2.89. The van der Waals surface area contributed by atoms with Crippen LogP contribution in [-0.2, 0) is 20.8 Å². The van der Waals surface area contributed by atoms with Crippen molar-refractivity contribution < 1.29 is 14.3 Å². The summed E-state index contributed by atoms with van der Waals surface area (Å²) in [5, 5.41) is 5.07. The molecule has 0 unspecified atom stereocenters. The van der Waals surface area contributed by atoms with E-state index in [2.05, 4.69) is 10.00 Å². The molecule has 0 spiro atoms. The molecule has 0 aliphatic carbocycles. The highest BCUT2D eigenvalue weighted by atomic mass is 35.5. The zero-order valence-electron chi connectivity index (χ0n) is 15.2. The summed E-state index contributed by atoms with van der Waals surface area (Å²) >= 11 is 5.97. The number of carbonyl (C=O) groups is 1. The Morgan fingerprint density at radius 2 is 1.96 bits per heavy atom. The first kappa shape index (κ1) is 19.4. The van der Waals surface area contributed by atoms with Gasteiger partial charge in [-0.25, -0.2) is 4.68 Å². The number of rotatable bonds is 6. The van der Waals surface area contributed by atoms with Crippen LogP contribution in [0, 0.1) is 0 Å². The molecule has 1 aliphatic heterocycles. The lowest BCUT2D eigenvalue weighted by atomic mass is 10.1. The predicted molar refractivity (Wildman–Crippen MR) is 103 cm³/mol. The van der Waals surface area contributed by atoms with Gasteiger partial charge in [0.15, 0.2) is 0 Å². The number of benzene rings is 1. The molecule has 0 saturated carbocycles. The van der Waals surface area contributed by atoms with Crippen LogP contribution in [0.25, 0.3) is 11.1 Å². The number of nitrogens with zero attached hydrogens (tertiary/aromatic N) is 3. The van der Waals surface area contributed by atoms with Crippen molar-refractivity contribution in [1.29, 1.82) is 0 Å². The van der Waals surface area contributed by atoms with Crippen LogP contribution >= 0.6 is 11.6 Å². The molecule has 1 saturated heterocycles. The average molecular weight is 392 g/mol. The van der Waals surface area contributed by atoms with E-state index in [9.17, 15) is 9.59 Å². The molecule has 1 aromatic heterocycles. The minimum absolute atomic E-state index is 0.0906. The minimum Gasteiger partial charge on any atom is -0.466 e. The Kier molecular flexibility index (Phi) is 6.47. The van der Waals surface area contributed by atoms with Gasteiger partial charge in [-0.2, -0.15) is 5.10 Å². The molecule has 0 amide bonds. The normalized spacial score (nSPS) is 14.2. The van der Waals surface area contributed by atoms with E-state index in [1.807, 2.05) is 0 Å². The van der Waals surface area contributed by atoms with Gasteiger partial charge in [0, 0.05) is 18.1 Å². The Morgan fingerprint density at radius 3 is 2.63 bits per heavy atom. The SMILES string of the molecule is CCOC(=O)CCn1nc(N2CCOCC2)cc(-c2ccc(Cl)cc2)c1=O. The zero-order chi connectivity index (χ0) is 19.2. The number of carbonyl (C=O) groups excluding carboxylic acids is 1. The Balaban J connectivity index is 1.97. The largest absolute Gasteiger partial charge is 0.466 e. The van der Waals surface area contributed by atoms with Crippen LogP contribution in [0.3, 0.4) is 0 Å². The molecule has 0 atom stereocenters. The Morgan fingerprint density at radius 1 is 1.26 bits per heavy atom. The van der Waals surface area contributed by atoms with E-state index < -0.39 is 0 Å². The summed E-state index contributed by atoms with van der Waals surface area (Å²) in [5.41, 5.74) is 1.02. The summed E-state index contributed by atoms with van der Waals surface area (Å²) in [6, 6.07) is 8.88. The van der Waals surface area contributed by atoms with Crippen molar-refractivity contribution in [3.8, 4) is 11.1 Å². The van der Waals surface area contributed by atoms with Gasteiger partial charge in [0.25, 0.3) is 5.56 Å². The smallest absolute Gasteiger partial charge is 0.307 e. The van der Waals surface area contributed by atoms with E-state index in [1.165, 1.54) is 4.68 Å². The van der Waals surface area contributed by atoms with Crippen molar-refractivity contribution in [2.75, 3.05) is 37.8 Å². The summed E-state index contributed by atoms with van der Waals surface area (Å²) in [4.78, 5) is 26.7. The van der Waals surface area contributed by atoms with Crippen molar-refractivity contribution in [2.45, 2.75) is 19.9 Å². The highest BCUT2D eigenvalue weighted by Crippen LogP contribution is 2.22. The van der Waals surface area contributed by atoms with Crippen LogP contribution in [0.5, 0.6) is 0 Å². The number of anilines is 1. The molecule has 8 heteroatoms. The van der Waals surface area contributed by atoms with E-state index in [1.54, 1.807) is 37.3 Å². The molecule has 2 aromatic rings. The molecule has 1 fully saturated rings. The molecular formula is C19H22ClN3O4. The minimum atomic E-state index is -0.351. The van der Waals surface area contributed by atoms with Gasteiger partial charge in [0.05, 0.1) is 38.3 Å². The maximum absolute atomic E-state index is 12.9. The third-order valence-electron chi connectivity index (χ3n) is 4.28. The second-order valence-corrected chi connectivity index (χ2v) is 6.54. The van der Waals surface area contributed by atoms with Crippen LogP contribution < -0.4 is 10.5 Å². The van der Waals surface area contributed by atoms with Crippen LogP contribution in [0.15, 0.2) is 35.1 Å². The van der Waals surface area contributed by atoms with E-state index in [4.69, 9.17) is 21.1 Å². The molecule has 144 valence electrons. The van der Waals surface area contributed by atoms with Crippen LogP contribution in [0.2, 0.25) is 5.02 Å². The number of halogens is 1. The quantitative estimate of drug-likeness (QED) is 0.704. The first-order valence-electron chi connectivity index (χ1n) is 8.95. The molecular weight excluding hydrogens is 370 g/mol. The van der Waals surface area contributed by atoms with Gasteiger partial charge in [-0.05, 0) is 30.7 Å². The fraction of sp³-hybridized carbons (Fsp3) is 0.421. The van der Waals surface area contributed by atoms with Crippen molar-refractivity contribution in [2.24, 2.45) is 0 Å². The molecule has 2 heterocycles. The summed E-state index contributed by atoms with van der Waals surface area (Å²) in [7, 11) is 0. The molecule has 0 N–H and O–H groups in total. The summed E-state index contributed by atoms with van der Waals surface area (Å²) in [6.07, 6.45) is 0.0906. The molecule has 0 bridgehead atoms. The van der Waals surface area contributed by atoms with Crippen molar-refractivity contribution in [1.82, 2.24) is 9.78 Å². The summed E-state index contributed by atoms with van der Waals surface area (Å²) < 4.78 is 11.7. The van der Waals surface area contributed by atoms with Crippen LogP contribution in [0.4, 0.5) is 5.82 Å². The second-order valence-electron chi connectivity index (χ2n) is 6.11. The number of morpholine rings is 1. The van der Waals surface area contributed by atoms with E-state index in [0.717, 1.165) is 5.56 Å². The maximum Gasteiger partial charge on any atom is 0.307 e. The zero-order valence-corrected chi connectivity index (χ0v) is 15.9. The Bertz CT molecular complexity index is 845. The van der Waals surface area contributed by atoms with Gasteiger partial charge in [0.2, 0.25) is 0 Å². The van der Waals surface area contributed by atoms with Crippen molar-refractivity contribution in [3.05, 3.63) is 45.7 Å². The van der Waals surface area contributed by atoms with Gasteiger partial charge in [-0.15, -0.1) is 0 Å². The third-order valence-corrected chi connectivity index (χ3v) is 4.54. The topological polar surface area (TPSA) is 73.7 Å². The molecule has 27 heavy (non-hydrogen) atoms. The Labute approximate surface area is 162 Å². The molecule has 3 rings (SSSR count).